The number of Topliss-reactive ketones (excluding diaryl/α,β-unsaturated/α-hetero) is 1. The molecule has 3 heteroatoms. The molecule has 0 atom stereocenters. The van der Waals surface area contributed by atoms with Crippen LogP contribution in [0.4, 0.5) is 0 Å². The lowest BCUT2D eigenvalue weighted by Crippen LogP contribution is -1.97. The van der Waals surface area contributed by atoms with Crippen molar-refractivity contribution in [2.45, 2.75) is 19.8 Å². The summed E-state index contributed by atoms with van der Waals surface area (Å²) in [5.41, 5.74) is 0.680. The van der Waals surface area contributed by atoms with Gasteiger partial charge < -0.3 is 4.74 Å². The van der Waals surface area contributed by atoms with Crippen LogP contribution in [0.15, 0.2) is 24.3 Å². The molecule has 0 saturated heterocycles. The first-order valence-electron chi connectivity index (χ1n) is 4.85. The number of ketones is 1. The number of nitrogens with zero attached hydrogens (tertiary/aromatic N) is 1. The Balaban J connectivity index is 2.43. The number of unbranched alkanes of at least 4 members (excludes halogenated alkanes) is 1. The number of carbonyl (C=O) groups is 1. The Kier molecular flexibility index (Phi) is 4.36. The number of benzene rings is 1. The number of nitriles is 1. The van der Waals surface area contributed by atoms with Gasteiger partial charge >= 0.3 is 0 Å². The van der Waals surface area contributed by atoms with Crippen molar-refractivity contribution in [3.8, 4) is 11.8 Å². The van der Waals surface area contributed by atoms with E-state index in [4.69, 9.17) is 10.00 Å². The fourth-order valence-electron chi connectivity index (χ4n) is 1.13. The minimum Gasteiger partial charge on any atom is -0.494 e. The highest BCUT2D eigenvalue weighted by Crippen LogP contribution is 2.12. The summed E-state index contributed by atoms with van der Waals surface area (Å²) in [5, 5.41) is 8.32. The molecule has 15 heavy (non-hydrogen) atoms. The van der Waals surface area contributed by atoms with Crippen LogP contribution in [0, 0.1) is 11.3 Å². The third-order valence-electron chi connectivity index (χ3n) is 1.96. The average molecular weight is 203 g/mol. The smallest absolute Gasteiger partial charge is 0.159 e. The topological polar surface area (TPSA) is 50.1 Å². The van der Waals surface area contributed by atoms with Gasteiger partial charge in [0, 0.05) is 12.0 Å². The summed E-state index contributed by atoms with van der Waals surface area (Å²) in [7, 11) is 0. The predicted molar refractivity (Wildman–Crippen MR) is 56.8 cm³/mol. The van der Waals surface area contributed by atoms with Gasteiger partial charge in [-0.25, -0.2) is 0 Å². The van der Waals surface area contributed by atoms with Gasteiger partial charge in [0.05, 0.1) is 12.7 Å². The lowest BCUT2D eigenvalue weighted by molar-refractivity contribution is 0.101. The van der Waals surface area contributed by atoms with Gasteiger partial charge in [-0.3, -0.25) is 4.79 Å². The van der Waals surface area contributed by atoms with Crippen molar-refractivity contribution in [2.75, 3.05) is 6.61 Å². The first-order chi connectivity index (χ1) is 7.24. The van der Waals surface area contributed by atoms with E-state index < -0.39 is 0 Å². The molecule has 0 aliphatic rings. The SMILES string of the molecule is CC(=O)c1ccc(OCCCC#N)cc1. The van der Waals surface area contributed by atoms with Crippen LogP contribution in [-0.2, 0) is 0 Å². The molecule has 3 nitrogen and oxygen atoms in total. The molecule has 0 unspecified atom stereocenters. The molecule has 0 spiro atoms. The minimum atomic E-state index is 0.0473. The Bertz CT molecular complexity index is 362. The monoisotopic (exact) mass is 203 g/mol. The van der Waals surface area contributed by atoms with Crippen molar-refractivity contribution in [3.63, 3.8) is 0 Å². The molecule has 0 aliphatic carbocycles. The highest BCUT2D eigenvalue weighted by molar-refractivity contribution is 5.94. The molecule has 0 N–H and O–H groups in total. The van der Waals surface area contributed by atoms with Crippen LogP contribution >= 0.6 is 0 Å². The van der Waals surface area contributed by atoms with E-state index >= 15 is 0 Å². The van der Waals surface area contributed by atoms with Gasteiger partial charge in [0.2, 0.25) is 0 Å². The molecule has 78 valence electrons. The molecule has 0 heterocycles. The summed E-state index contributed by atoms with van der Waals surface area (Å²) in [5.74, 6) is 0.781. The fourth-order valence-corrected chi connectivity index (χ4v) is 1.13. The zero-order valence-electron chi connectivity index (χ0n) is 8.69. The summed E-state index contributed by atoms with van der Waals surface area (Å²) < 4.78 is 5.38. The Morgan fingerprint density at radius 1 is 1.40 bits per heavy atom. The van der Waals surface area contributed by atoms with Crippen molar-refractivity contribution in [1.29, 1.82) is 5.26 Å². The van der Waals surface area contributed by atoms with Crippen molar-refractivity contribution in [1.82, 2.24) is 0 Å². The number of hydrogen-bond acceptors (Lipinski definition) is 3. The summed E-state index contributed by atoms with van der Waals surface area (Å²) in [6.07, 6.45) is 1.23. The van der Waals surface area contributed by atoms with E-state index in [-0.39, 0.29) is 5.78 Å². The fraction of sp³-hybridized carbons (Fsp3) is 0.333. The summed E-state index contributed by atoms with van der Waals surface area (Å²) in [6, 6.07) is 9.06. The lowest BCUT2D eigenvalue weighted by atomic mass is 10.1. The minimum absolute atomic E-state index is 0.0473. The maximum absolute atomic E-state index is 11.0. The molecule has 0 saturated carbocycles. The summed E-state index contributed by atoms with van der Waals surface area (Å²) in [4.78, 5) is 11.0. The average Bonchev–Trinajstić information content (AvgIpc) is 2.25. The second-order valence-electron chi connectivity index (χ2n) is 3.19. The molecule has 0 aromatic heterocycles. The zero-order chi connectivity index (χ0) is 11.1. The number of carbonyl (C=O) groups excluding carboxylic acids is 1. The maximum atomic E-state index is 11.0. The van der Waals surface area contributed by atoms with Crippen LogP contribution in [0.3, 0.4) is 0 Å². The molecule has 1 aromatic rings. The highest BCUT2D eigenvalue weighted by atomic mass is 16.5. The van der Waals surface area contributed by atoms with Crippen molar-refractivity contribution in [2.24, 2.45) is 0 Å². The molecule has 0 radical (unpaired) electrons. The third kappa shape index (κ3) is 3.82. The zero-order valence-corrected chi connectivity index (χ0v) is 8.69. The van der Waals surface area contributed by atoms with E-state index in [1.54, 1.807) is 24.3 Å². The van der Waals surface area contributed by atoms with Gasteiger partial charge in [-0.1, -0.05) is 0 Å². The van der Waals surface area contributed by atoms with Crippen molar-refractivity contribution in [3.05, 3.63) is 29.8 Å². The molecular formula is C12H13NO2. The van der Waals surface area contributed by atoms with E-state index in [1.165, 1.54) is 6.92 Å². The van der Waals surface area contributed by atoms with Crippen LogP contribution in [0.2, 0.25) is 0 Å². The second kappa shape index (κ2) is 5.82. The molecular weight excluding hydrogens is 190 g/mol. The van der Waals surface area contributed by atoms with Gasteiger partial charge in [0.25, 0.3) is 0 Å². The molecule has 0 amide bonds. The van der Waals surface area contributed by atoms with Crippen LogP contribution in [0.5, 0.6) is 5.75 Å². The van der Waals surface area contributed by atoms with Gasteiger partial charge in [0.15, 0.2) is 5.78 Å². The van der Waals surface area contributed by atoms with Crippen LogP contribution < -0.4 is 4.74 Å². The van der Waals surface area contributed by atoms with Crippen LogP contribution in [0.1, 0.15) is 30.1 Å². The lowest BCUT2D eigenvalue weighted by Gasteiger charge is -2.04. The van der Waals surface area contributed by atoms with Gasteiger partial charge in [-0.15, -0.1) is 0 Å². The van der Waals surface area contributed by atoms with E-state index in [9.17, 15) is 4.79 Å². The number of rotatable bonds is 5. The maximum Gasteiger partial charge on any atom is 0.159 e. The molecule has 1 rings (SSSR count). The summed E-state index contributed by atoms with van der Waals surface area (Å²) in [6.45, 7) is 2.07. The molecule has 0 bridgehead atoms. The van der Waals surface area contributed by atoms with E-state index in [1.807, 2.05) is 0 Å². The first kappa shape index (κ1) is 11.3. The second-order valence-corrected chi connectivity index (χ2v) is 3.19. The Morgan fingerprint density at radius 3 is 2.60 bits per heavy atom. The molecule has 0 aliphatic heterocycles. The molecule has 0 fully saturated rings. The normalized spacial score (nSPS) is 9.33. The van der Waals surface area contributed by atoms with Crippen LogP contribution in [0.25, 0.3) is 0 Å². The van der Waals surface area contributed by atoms with Crippen LogP contribution in [-0.4, -0.2) is 12.4 Å². The number of hydrogen-bond donors (Lipinski definition) is 0. The Hall–Kier alpha value is -1.82. The largest absolute Gasteiger partial charge is 0.494 e. The van der Waals surface area contributed by atoms with E-state index in [0.29, 0.717) is 18.6 Å². The Morgan fingerprint density at radius 2 is 2.07 bits per heavy atom. The highest BCUT2D eigenvalue weighted by Gasteiger charge is 1.98. The predicted octanol–water partition coefficient (Wildman–Crippen LogP) is 2.57. The quantitative estimate of drug-likeness (QED) is 0.546. The van der Waals surface area contributed by atoms with E-state index in [0.717, 1.165) is 12.2 Å². The van der Waals surface area contributed by atoms with Gasteiger partial charge in [-0.2, -0.15) is 5.26 Å². The van der Waals surface area contributed by atoms with Gasteiger partial charge in [-0.05, 0) is 37.6 Å². The number of ether oxygens (including phenoxy) is 1. The van der Waals surface area contributed by atoms with Crippen molar-refractivity contribution >= 4 is 5.78 Å². The standard InChI is InChI=1S/C12H13NO2/c1-10(14)11-4-6-12(7-5-11)15-9-3-2-8-13/h4-7H,2-3,9H2,1H3. The van der Waals surface area contributed by atoms with E-state index in [2.05, 4.69) is 6.07 Å². The third-order valence-corrected chi connectivity index (χ3v) is 1.96. The van der Waals surface area contributed by atoms with Crippen molar-refractivity contribution < 1.29 is 9.53 Å². The Labute approximate surface area is 89.3 Å². The molecule has 1 aromatic carbocycles. The van der Waals surface area contributed by atoms with Gasteiger partial charge in [0.1, 0.15) is 5.75 Å². The first-order valence-corrected chi connectivity index (χ1v) is 4.85. The summed E-state index contributed by atoms with van der Waals surface area (Å²) >= 11 is 0.